The molecule has 6 heteroatoms. The highest BCUT2D eigenvalue weighted by Crippen LogP contribution is 2.13. The van der Waals surface area contributed by atoms with Crippen LogP contribution in [-0.4, -0.2) is 26.7 Å². The molecule has 2 heterocycles. The van der Waals surface area contributed by atoms with E-state index in [1.54, 1.807) is 7.11 Å². The molecular formula is C14H20N4OS. The molecule has 0 aliphatic heterocycles. The fourth-order valence-corrected chi connectivity index (χ4v) is 2.39. The van der Waals surface area contributed by atoms with Crippen LogP contribution in [0.5, 0.6) is 5.75 Å². The summed E-state index contributed by atoms with van der Waals surface area (Å²) in [6.07, 6.45) is 7.30. The van der Waals surface area contributed by atoms with Gasteiger partial charge in [-0.25, -0.2) is 0 Å². The number of methoxy groups -OCH3 is 1. The predicted octanol–water partition coefficient (Wildman–Crippen LogP) is 3.00. The SMILES string of the molecule is COc1cccn(CCCCCn2cc(C)nn2)c1=S. The van der Waals surface area contributed by atoms with E-state index in [9.17, 15) is 0 Å². The molecule has 0 aliphatic rings. The minimum Gasteiger partial charge on any atom is -0.494 e. The van der Waals surface area contributed by atoms with Gasteiger partial charge in [-0.1, -0.05) is 17.4 Å². The Hall–Kier alpha value is -1.69. The highest BCUT2D eigenvalue weighted by Gasteiger charge is 2.00. The summed E-state index contributed by atoms with van der Waals surface area (Å²) in [6, 6.07) is 3.86. The van der Waals surface area contributed by atoms with E-state index in [0.717, 1.165) is 48.4 Å². The summed E-state index contributed by atoms with van der Waals surface area (Å²) in [5, 5.41) is 8.01. The first-order chi connectivity index (χ1) is 9.70. The van der Waals surface area contributed by atoms with Crippen LogP contribution in [-0.2, 0) is 13.1 Å². The molecule has 2 aromatic rings. The van der Waals surface area contributed by atoms with Crippen molar-refractivity contribution in [2.75, 3.05) is 7.11 Å². The lowest BCUT2D eigenvalue weighted by molar-refractivity contribution is 0.405. The molecule has 0 atom stereocenters. The molecule has 0 aromatic carbocycles. The van der Waals surface area contributed by atoms with Crippen molar-refractivity contribution in [3.63, 3.8) is 0 Å². The fraction of sp³-hybridized carbons (Fsp3) is 0.500. The van der Waals surface area contributed by atoms with Crippen LogP contribution in [0.4, 0.5) is 0 Å². The molecule has 5 nitrogen and oxygen atoms in total. The summed E-state index contributed by atoms with van der Waals surface area (Å²) in [5.41, 5.74) is 0.965. The molecule has 0 aliphatic carbocycles. The number of rotatable bonds is 7. The van der Waals surface area contributed by atoms with Crippen LogP contribution in [0.25, 0.3) is 0 Å². The summed E-state index contributed by atoms with van der Waals surface area (Å²) >= 11 is 5.36. The van der Waals surface area contributed by atoms with Crippen LogP contribution >= 0.6 is 12.2 Å². The van der Waals surface area contributed by atoms with Gasteiger partial charge in [-0.15, -0.1) is 5.10 Å². The van der Waals surface area contributed by atoms with E-state index in [-0.39, 0.29) is 0 Å². The molecule has 0 spiro atoms. The van der Waals surface area contributed by atoms with Crippen LogP contribution in [0.2, 0.25) is 0 Å². The van der Waals surface area contributed by atoms with Crippen molar-refractivity contribution < 1.29 is 4.74 Å². The van der Waals surface area contributed by atoms with Gasteiger partial charge in [0, 0.05) is 25.5 Å². The molecule has 0 saturated heterocycles. The van der Waals surface area contributed by atoms with Gasteiger partial charge in [0.25, 0.3) is 0 Å². The lowest BCUT2D eigenvalue weighted by Crippen LogP contribution is -2.03. The van der Waals surface area contributed by atoms with Crippen LogP contribution in [0, 0.1) is 11.6 Å². The van der Waals surface area contributed by atoms with Crippen LogP contribution < -0.4 is 4.74 Å². The van der Waals surface area contributed by atoms with Gasteiger partial charge in [0.05, 0.1) is 12.8 Å². The van der Waals surface area contributed by atoms with Crippen LogP contribution in [0.15, 0.2) is 24.5 Å². The normalized spacial score (nSPS) is 10.7. The first kappa shape index (κ1) is 14.7. The lowest BCUT2D eigenvalue weighted by Gasteiger charge is -2.09. The first-order valence-electron chi connectivity index (χ1n) is 6.81. The molecule has 108 valence electrons. The molecule has 0 unspecified atom stereocenters. The maximum Gasteiger partial charge on any atom is 0.153 e. The second kappa shape index (κ2) is 7.19. The quantitative estimate of drug-likeness (QED) is 0.581. The van der Waals surface area contributed by atoms with Crippen LogP contribution in [0.1, 0.15) is 25.0 Å². The monoisotopic (exact) mass is 292 g/mol. The van der Waals surface area contributed by atoms with Gasteiger partial charge in [-0.05, 0) is 38.3 Å². The minimum atomic E-state index is 0.764. The molecule has 0 radical (unpaired) electrons. The van der Waals surface area contributed by atoms with Crippen molar-refractivity contribution in [3.8, 4) is 5.75 Å². The number of aryl methyl sites for hydroxylation is 3. The molecule has 2 aromatic heterocycles. The van der Waals surface area contributed by atoms with E-state index in [1.165, 1.54) is 0 Å². The highest BCUT2D eigenvalue weighted by molar-refractivity contribution is 7.71. The summed E-state index contributed by atoms with van der Waals surface area (Å²) < 4.78 is 9.95. The zero-order chi connectivity index (χ0) is 14.4. The van der Waals surface area contributed by atoms with Gasteiger partial charge in [-0.2, -0.15) is 0 Å². The van der Waals surface area contributed by atoms with E-state index >= 15 is 0 Å². The van der Waals surface area contributed by atoms with Gasteiger partial charge < -0.3 is 9.30 Å². The Bertz CT molecular complexity index is 605. The van der Waals surface area contributed by atoms with E-state index in [0.29, 0.717) is 0 Å². The number of pyridine rings is 1. The number of hydrogen-bond acceptors (Lipinski definition) is 4. The maximum absolute atomic E-state index is 5.36. The predicted molar refractivity (Wildman–Crippen MR) is 80.4 cm³/mol. The highest BCUT2D eigenvalue weighted by atomic mass is 32.1. The van der Waals surface area contributed by atoms with Gasteiger partial charge in [0.2, 0.25) is 0 Å². The number of nitrogens with zero attached hydrogens (tertiary/aromatic N) is 4. The smallest absolute Gasteiger partial charge is 0.153 e. The van der Waals surface area contributed by atoms with Crippen molar-refractivity contribution in [2.24, 2.45) is 0 Å². The Morgan fingerprint density at radius 3 is 2.75 bits per heavy atom. The number of unbranched alkanes of at least 4 members (excludes halogenated alkanes) is 2. The average Bonchev–Trinajstić information content (AvgIpc) is 2.86. The molecule has 0 fully saturated rings. The Morgan fingerprint density at radius 2 is 2.05 bits per heavy atom. The minimum absolute atomic E-state index is 0.764. The van der Waals surface area contributed by atoms with Gasteiger partial charge in [0.15, 0.2) is 5.75 Å². The van der Waals surface area contributed by atoms with Crippen LogP contribution in [0.3, 0.4) is 0 Å². The zero-order valence-corrected chi connectivity index (χ0v) is 12.8. The van der Waals surface area contributed by atoms with E-state index < -0.39 is 0 Å². The van der Waals surface area contributed by atoms with E-state index in [2.05, 4.69) is 14.9 Å². The molecule has 20 heavy (non-hydrogen) atoms. The Balaban J connectivity index is 1.75. The Morgan fingerprint density at radius 1 is 1.25 bits per heavy atom. The van der Waals surface area contributed by atoms with Gasteiger partial charge >= 0.3 is 0 Å². The number of aromatic nitrogens is 4. The standard InChI is InChI=1S/C14H20N4OS/c1-12-11-18(16-15-12)10-5-3-4-8-17-9-6-7-13(19-2)14(17)20/h6-7,9,11H,3-5,8,10H2,1-2H3. The molecule has 0 bridgehead atoms. The summed E-state index contributed by atoms with van der Waals surface area (Å²) in [6.45, 7) is 3.80. The van der Waals surface area contributed by atoms with E-state index in [4.69, 9.17) is 17.0 Å². The third-order valence-electron chi connectivity index (χ3n) is 3.14. The third kappa shape index (κ3) is 3.90. The fourth-order valence-electron chi connectivity index (χ4n) is 2.08. The first-order valence-corrected chi connectivity index (χ1v) is 7.21. The molecule has 0 saturated carbocycles. The maximum atomic E-state index is 5.36. The van der Waals surface area contributed by atoms with Gasteiger partial charge in [0.1, 0.15) is 4.64 Å². The molecular weight excluding hydrogens is 272 g/mol. The lowest BCUT2D eigenvalue weighted by atomic mass is 10.2. The van der Waals surface area contributed by atoms with Crippen molar-refractivity contribution >= 4 is 12.2 Å². The topological polar surface area (TPSA) is 44.9 Å². The second-order valence-corrected chi connectivity index (χ2v) is 5.15. The number of ether oxygens (including phenoxy) is 1. The summed E-state index contributed by atoms with van der Waals surface area (Å²) in [5.74, 6) is 0.764. The second-order valence-electron chi connectivity index (χ2n) is 4.76. The van der Waals surface area contributed by atoms with Crippen molar-refractivity contribution in [3.05, 3.63) is 34.9 Å². The largest absolute Gasteiger partial charge is 0.494 e. The third-order valence-corrected chi connectivity index (χ3v) is 3.58. The Kier molecular flexibility index (Phi) is 5.29. The van der Waals surface area contributed by atoms with E-state index in [1.807, 2.05) is 36.1 Å². The average molecular weight is 292 g/mol. The van der Waals surface area contributed by atoms with Crippen molar-refractivity contribution in [1.29, 1.82) is 0 Å². The summed E-state index contributed by atoms with van der Waals surface area (Å²) in [4.78, 5) is 0. The molecule has 0 N–H and O–H groups in total. The molecule has 0 amide bonds. The molecule has 2 rings (SSSR count). The number of hydrogen-bond donors (Lipinski definition) is 0. The zero-order valence-electron chi connectivity index (χ0n) is 12.0. The Labute approximate surface area is 124 Å². The van der Waals surface area contributed by atoms with Crippen molar-refractivity contribution in [1.82, 2.24) is 19.6 Å². The van der Waals surface area contributed by atoms with Gasteiger partial charge in [-0.3, -0.25) is 4.68 Å². The summed E-state index contributed by atoms with van der Waals surface area (Å²) in [7, 11) is 1.65. The van der Waals surface area contributed by atoms with Crippen molar-refractivity contribution in [2.45, 2.75) is 39.3 Å².